The molecular weight excluding hydrogens is 249 g/mol. The van der Waals surface area contributed by atoms with Gasteiger partial charge < -0.3 is 12.3 Å². The van der Waals surface area contributed by atoms with Crippen molar-refractivity contribution in [2.45, 2.75) is 31.7 Å². The van der Waals surface area contributed by atoms with Crippen LogP contribution < -0.4 is 0 Å². The zero-order valence-electron chi connectivity index (χ0n) is 8.06. The van der Waals surface area contributed by atoms with E-state index in [0.717, 1.165) is 0 Å². The van der Waals surface area contributed by atoms with Crippen molar-refractivity contribution in [3.8, 4) is 0 Å². The van der Waals surface area contributed by atoms with Gasteiger partial charge in [0.1, 0.15) is 0 Å². The maximum atomic E-state index is 12.0. The Kier molecular flexibility index (Phi) is 3.94. The van der Waals surface area contributed by atoms with Gasteiger partial charge in [-0.1, -0.05) is 0 Å². The predicted octanol–water partition coefficient (Wildman–Crippen LogP) is 0.923. The molecule has 0 bridgehead atoms. The van der Waals surface area contributed by atoms with Gasteiger partial charge >= 0.3 is 14.7 Å². The van der Waals surface area contributed by atoms with Gasteiger partial charge in [0.25, 0.3) is 19.3 Å². The highest BCUT2D eigenvalue weighted by Gasteiger charge is 2.41. The molecular formula is C5H13F3O3Si3. The Bertz CT molecular complexity index is 202. The molecule has 0 saturated carbocycles. The summed E-state index contributed by atoms with van der Waals surface area (Å²) in [6, 6.07) is -0.00972. The molecule has 1 aliphatic rings. The lowest BCUT2D eigenvalue weighted by molar-refractivity contribution is -0.131. The smallest absolute Gasteiger partial charge is 0.389 e. The van der Waals surface area contributed by atoms with E-state index in [0.29, 0.717) is 0 Å². The Morgan fingerprint density at radius 3 is 2.57 bits per heavy atom. The van der Waals surface area contributed by atoms with Crippen LogP contribution in [-0.4, -0.2) is 34.0 Å². The molecule has 3 nitrogen and oxygen atoms in total. The molecule has 0 N–H and O–H groups in total. The summed E-state index contributed by atoms with van der Waals surface area (Å²) in [5.74, 6) is 0. The lowest BCUT2D eigenvalue weighted by Gasteiger charge is -2.35. The summed E-state index contributed by atoms with van der Waals surface area (Å²) in [5.41, 5.74) is 0. The lowest BCUT2D eigenvalue weighted by atomic mass is 10.5. The summed E-state index contributed by atoms with van der Waals surface area (Å²) in [6.07, 6.45) is -4.93. The number of hydrogen-bond acceptors (Lipinski definition) is 3. The van der Waals surface area contributed by atoms with Gasteiger partial charge in [-0.2, -0.15) is 13.2 Å². The molecule has 1 aliphatic heterocycles. The number of alkyl halides is 3. The average Bonchev–Trinajstić information content (AvgIpc) is 1.99. The van der Waals surface area contributed by atoms with Crippen molar-refractivity contribution in [2.24, 2.45) is 0 Å². The summed E-state index contributed by atoms with van der Waals surface area (Å²) < 4.78 is 51.9. The molecule has 2 atom stereocenters. The van der Waals surface area contributed by atoms with Crippen LogP contribution in [0.3, 0.4) is 0 Å². The minimum Gasteiger partial charge on any atom is -0.423 e. The van der Waals surface area contributed by atoms with Crippen molar-refractivity contribution in [1.29, 1.82) is 0 Å². The maximum Gasteiger partial charge on any atom is 0.389 e. The van der Waals surface area contributed by atoms with Gasteiger partial charge in [0.05, 0.1) is 0 Å². The first-order valence-electron chi connectivity index (χ1n) is 4.31. The largest absolute Gasteiger partial charge is 0.423 e. The van der Waals surface area contributed by atoms with Gasteiger partial charge in [-0.15, -0.1) is 0 Å². The van der Waals surface area contributed by atoms with Crippen molar-refractivity contribution in [1.82, 2.24) is 0 Å². The van der Waals surface area contributed by atoms with Crippen LogP contribution in [0.5, 0.6) is 0 Å². The van der Waals surface area contributed by atoms with Gasteiger partial charge in [-0.25, -0.2) is 0 Å². The van der Waals surface area contributed by atoms with E-state index in [1.54, 1.807) is 6.55 Å². The third kappa shape index (κ3) is 4.23. The van der Waals surface area contributed by atoms with E-state index in [9.17, 15) is 13.2 Å². The zero-order chi connectivity index (χ0) is 10.8. The normalized spacial score (nSPS) is 36.2. The van der Waals surface area contributed by atoms with Crippen molar-refractivity contribution < 1.29 is 25.5 Å². The minimum absolute atomic E-state index is 0.00972. The van der Waals surface area contributed by atoms with E-state index in [1.807, 2.05) is 6.55 Å². The molecule has 0 aromatic carbocycles. The average molecular weight is 262 g/mol. The topological polar surface area (TPSA) is 27.7 Å². The Morgan fingerprint density at radius 2 is 2.07 bits per heavy atom. The second-order valence-electron chi connectivity index (χ2n) is 3.36. The van der Waals surface area contributed by atoms with E-state index >= 15 is 0 Å². The predicted molar refractivity (Wildman–Crippen MR) is 51.9 cm³/mol. The summed E-state index contributed by atoms with van der Waals surface area (Å²) in [4.78, 5) is 0. The molecule has 0 aromatic rings. The lowest BCUT2D eigenvalue weighted by Crippen LogP contribution is -2.51. The Balaban J connectivity index is 2.41. The molecule has 0 aromatic heterocycles. The molecule has 84 valence electrons. The molecule has 1 fully saturated rings. The van der Waals surface area contributed by atoms with Crippen molar-refractivity contribution >= 4 is 27.9 Å². The Morgan fingerprint density at radius 1 is 1.43 bits per heavy atom. The fourth-order valence-electron chi connectivity index (χ4n) is 1.17. The highest BCUT2D eigenvalue weighted by Crippen LogP contribution is 2.28. The highest BCUT2D eigenvalue weighted by molar-refractivity contribution is 6.79. The van der Waals surface area contributed by atoms with Crippen LogP contribution in [0.25, 0.3) is 0 Å². The van der Waals surface area contributed by atoms with E-state index in [-0.39, 0.29) is 6.04 Å². The molecule has 0 spiro atoms. The van der Waals surface area contributed by atoms with Crippen LogP contribution in [0.15, 0.2) is 0 Å². The summed E-state index contributed by atoms with van der Waals surface area (Å²) >= 11 is 0. The molecule has 0 amide bonds. The second kappa shape index (κ2) is 4.45. The monoisotopic (exact) mass is 262 g/mol. The summed E-state index contributed by atoms with van der Waals surface area (Å²) in [5, 5.41) is 0. The standard InChI is InChI=1S/C5H13F3O3Si3/c1-13-9-12-10-14(2,11-13)4-3-5(6,7)8/h13H,3-4,12H2,1-2H3. The molecule has 0 radical (unpaired) electrons. The molecule has 1 rings (SSSR count). The van der Waals surface area contributed by atoms with Crippen LogP contribution in [0.2, 0.25) is 19.1 Å². The molecule has 1 heterocycles. The van der Waals surface area contributed by atoms with E-state index in [1.165, 1.54) is 0 Å². The van der Waals surface area contributed by atoms with Gasteiger partial charge in [-0.05, 0) is 19.1 Å². The highest BCUT2D eigenvalue weighted by atomic mass is 28.5. The number of rotatable bonds is 2. The van der Waals surface area contributed by atoms with Gasteiger partial charge in [0.15, 0.2) is 0 Å². The van der Waals surface area contributed by atoms with Crippen LogP contribution in [0, 0.1) is 0 Å². The van der Waals surface area contributed by atoms with Crippen molar-refractivity contribution in [3.05, 3.63) is 0 Å². The first-order chi connectivity index (χ1) is 6.31. The summed E-state index contributed by atoms with van der Waals surface area (Å²) in [6.45, 7) is 3.52. The van der Waals surface area contributed by atoms with E-state index in [4.69, 9.17) is 12.3 Å². The minimum atomic E-state index is -4.12. The first kappa shape index (κ1) is 12.4. The van der Waals surface area contributed by atoms with Crippen LogP contribution in [-0.2, 0) is 12.3 Å². The fourth-order valence-corrected chi connectivity index (χ4v) is 10.2. The zero-order valence-corrected chi connectivity index (χ0v) is 11.6. The molecule has 2 unspecified atom stereocenters. The Hall–Kier alpha value is 0.321. The molecule has 9 heteroatoms. The van der Waals surface area contributed by atoms with Crippen molar-refractivity contribution in [3.63, 3.8) is 0 Å². The third-order valence-electron chi connectivity index (χ3n) is 1.94. The quantitative estimate of drug-likeness (QED) is 0.693. The Labute approximate surface area is 85.7 Å². The maximum absolute atomic E-state index is 12.0. The van der Waals surface area contributed by atoms with Gasteiger partial charge in [0.2, 0.25) is 0 Å². The molecule has 1 saturated heterocycles. The fraction of sp³-hybridized carbons (Fsp3) is 1.00. The van der Waals surface area contributed by atoms with Crippen LogP contribution >= 0.6 is 0 Å². The second-order valence-corrected chi connectivity index (χ2v) is 10.9. The first-order valence-corrected chi connectivity index (χ1v) is 10.1. The molecule has 0 aliphatic carbocycles. The third-order valence-corrected chi connectivity index (χ3v) is 11.8. The number of halogens is 3. The summed E-state index contributed by atoms with van der Waals surface area (Å²) in [7, 11) is -5.28. The van der Waals surface area contributed by atoms with Crippen molar-refractivity contribution in [2.75, 3.05) is 0 Å². The van der Waals surface area contributed by atoms with E-state index < -0.39 is 40.4 Å². The SMILES string of the molecule is C[SiH]1O[SiH2]O[Si](C)(CCC(F)(F)F)O1. The number of hydrogen-bond donors (Lipinski definition) is 0. The van der Waals surface area contributed by atoms with Gasteiger partial charge in [-0.3, -0.25) is 0 Å². The molecule has 14 heavy (non-hydrogen) atoms. The van der Waals surface area contributed by atoms with Gasteiger partial charge in [0, 0.05) is 6.42 Å². The van der Waals surface area contributed by atoms with Crippen LogP contribution in [0.4, 0.5) is 13.2 Å². The van der Waals surface area contributed by atoms with Crippen LogP contribution in [0.1, 0.15) is 6.42 Å². The van der Waals surface area contributed by atoms with E-state index in [2.05, 4.69) is 0 Å².